The molecule has 0 unspecified atom stereocenters. The van der Waals surface area contributed by atoms with Crippen LogP contribution in [-0.2, 0) is 21.1 Å². The Balaban J connectivity index is 0.00000253. The topological polar surface area (TPSA) is 35.0 Å². The molecule has 3 nitrogen and oxygen atoms in total. The average molecular weight is 830 g/mol. The van der Waals surface area contributed by atoms with Crippen LogP contribution in [0.25, 0.3) is 22.3 Å². The van der Waals surface area contributed by atoms with E-state index in [4.69, 9.17) is 9.72 Å². The number of fused-ring (bicyclic) bond motifs is 3. The molecule has 0 radical (unpaired) electrons. The monoisotopic (exact) mass is 829 g/mol. The molecule has 6 rings (SSSR count). The molecule has 0 aliphatic carbocycles. The molecule has 0 bridgehead atoms. The Morgan fingerprint density at radius 2 is 1.49 bits per heavy atom. The number of aromatic nitrogens is 2. The van der Waals surface area contributed by atoms with Crippen LogP contribution in [0.3, 0.4) is 0 Å². The Morgan fingerprint density at radius 3 is 2.31 bits per heavy atom. The van der Waals surface area contributed by atoms with Crippen molar-refractivity contribution in [2.45, 2.75) is 13.8 Å². The van der Waals surface area contributed by atoms with Gasteiger partial charge in [-0.15, -0.1) is 0 Å². The van der Waals surface area contributed by atoms with Gasteiger partial charge in [-0.3, -0.25) is 0 Å². The first-order chi connectivity index (χ1) is 16.7. The standard InChI is InChI=1S/C24H15NO.C6H6N.Bi.Pt/c1-18-14-15-25-24(16-18)26-23-9-5-8-22(17-23)21-12-10-20(11-13-21)19-6-3-2-4-7-19;1-6-2-4-7-5-3-6;;/h2-6,8-10,12,14-16H,1H3;2-4H,1H3;;/q-2;;;+2. The number of nitrogens with zero attached hydrogens (tertiary/aromatic N) is 2. The predicted octanol–water partition coefficient (Wildman–Crippen LogP) is 4.65. The number of pyridine rings is 2. The first-order valence-electron chi connectivity index (χ1n) is 11.2. The van der Waals surface area contributed by atoms with Gasteiger partial charge in [0.15, 0.2) is 0 Å². The Bertz CT molecular complexity index is 1530. The summed E-state index contributed by atoms with van der Waals surface area (Å²) in [6.45, 7) is 4.17. The van der Waals surface area contributed by atoms with Gasteiger partial charge in [-0.1, -0.05) is 0 Å². The van der Waals surface area contributed by atoms with Crippen molar-refractivity contribution < 1.29 is 25.8 Å². The largest absolute Gasteiger partial charge is 2.00 e. The quantitative estimate of drug-likeness (QED) is 0.192. The zero-order chi connectivity index (χ0) is 23.1. The van der Waals surface area contributed by atoms with Crippen molar-refractivity contribution in [1.29, 1.82) is 0 Å². The van der Waals surface area contributed by atoms with E-state index < -0.39 is 21.8 Å². The van der Waals surface area contributed by atoms with Crippen molar-refractivity contribution in [3.8, 4) is 33.9 Å². The Kier molecular flexibility index (Phi) is 6.96. The summed E-state index contributed by atoms with van der Waals surface area (Å²) in [7, 11) is 0. The van der Waals surface area contributed by atoms with Crippen LogP contribution in [0.1, 0.15) is 11.1 Å². The number of benzene rings is 3. The summed E-state index contributed by atoms with van der Waals surface area (Å²) in [6.07, 6.45) is 3.70. The predicted molar refractivity (Wildman–Crippen MR) is 138 cm³/mol. The van der Waals surface area contributed by atoms with Crippen LogP contribution in [0, 0.1) is 26.0 Å². The van der Waals surface area contributed by atoms with Gasteiger partial charge in [-0.2, -0.15) is 0 Å². The summed E-state index contributed by atoms with van der Waals surface area (Å²) in [6, 6.07) is 34.6. The second kappa shape index (κ2) is 10.1. The molecule has 0 atom stereocenters. The molecule has 35 heavy (non-hydrogen) atoms. The van der Waals surface area contributed by atoms with E-state index in [-0.39, 0.29) is 21.1 Å². The molecule has 0 fully saturated rings. The van der Waals surface area contributed by atoms with Crippen LogP contribution >= 0.6 is 0 Å². The van der Waals surface area contributed by atoms with E-state index >= 15 is 0 Å². The molecule has 5 aromatic rings. The minimum atomic E-state index is -2.54. The summed E-state index contributed by atoms with van der Waals surface area (Å²) in [5.41, 5.74) is 7.00. The first-order valence-corrected chi connectivity index (χ1v) is 16.4. The third-order valence-corrected chi connectivity index (χ3v) is 15.1. The maximum absolute atomic E-state index is 5.99. The molecule has 0 N–H and O–H groups in total. The second-order valence-corrected chi connectivity index (χ2v) is 16.4. The molecule has 0 amide bonds. The minimum absolute atomic E-state index is 0. The minimum Gasteiger partial charge on any atom is 2.00 e. The molecule has 2 aromatic heterocycles. The molecular weight excluding hydrogens is 808 g/mol. The van der Waals surface area contributed by atoms with Crippen molar-refractivity contribution in [2.24, 2.45) is 0 Å². The van der Waals surface area contributed by atoms with Gasteiger partial charge in [0.05, 0.1) is 0 Å². The molecule has 0 spiro atoms. The summed E-state index contributed by atoms with van der Waals surface area (Å²) < 4.78 is 10.1. The smallest absolute Gasteiger partial charge is 2.00 e. The van der Waals surface area contributed by atoms with E-state index in [1.165, 1.54) is 26.6 Å². The third kappa shape index (κ3) is 4.75. The number of hydrogen-bond acceptors (Lipinski definition) is 3. The van der Waals surface area contributed by atoms with E-state index in [9.17, 15) is 0 Å². The number of hydrogen-bond donors (Lipinski definition) is 0. The molecule has 0 saturated heterocycles. The molecule has 5 heteroatoms. The molecule has 3 heterocycles. The van der Waals surface area contributed by atoms with Crippen LogP contribution in [0.2, 0.25) is 0 Å². The van der Waals surface area contributed by atoms with Crippen LogP contribution in [0.5, 0.6) is 11.6 Å². The van der Waals surface area contributed by atoms with Gasteiger partial charge >= 0.3 is 230 Å². The van der Waals surface area contributed by atoms with Crippen molar-refractivity contribution >= 4 is 31.7 Å². The molecule has 0 saturated carbocycles. The van der Waals surface area contributed by atoms with Gasteiger partial charge in [0.25, 0.3) is 0 Å². The third-order valence-electron chi connectivity index (χ3n) is 5.88. The van der Waals surface area contributed by atoms with Crippen molar-refractivity contribution in [2.75, 3.05) is 0 Å². The molecule has 1 aliphatic heterocycles. The normalized spacial score (nSPS) is 11.9. The van der Waals surface area contributed by atoms with Gasteiger partial charge in [-0.25, -0.2) is 0 Å². The fourth-order valence-corrected chi connectivity index (χ4v) is 14.3. The van der Waals surface area contributed by atoms with Gasteiger partial charge in [0.1, 0.15) is 0 Å². The first kappa shape index (κ1) is 24.0. The van der Waals surface area contributed by atoms with Gasteiger partial charge in [0, 0.05) is 0 Å². The van der Waals surface area contributed by atoms with Crippen LogP contribution in [0.15, 0.2) is 91.3 Å². The fourth-order valence-electron chi connectivity index (χ4n) is 4.27. The zero-order valence-corrected chi connectivity index (χ0v) is 25.0. The van der Waals surface area contributed by atoms with E-state index in [1.807, 2.05) is 37.4 Å². The van der Waals surface area contributed by atoms with Crippen LogP contribution in [-0.4, -0.2) is 31.7 Å². The van der Waals surface area contributed by atoms with Gasteiger partial charge < -0.3 is 0 Å². The Morgan fingerprint density at radius 1 is 0.714 bits per heavy atom. The molecule has 1 aliphatic rings. The SMILES string of the molecule is Cc1ccnc(Oc2[c-]c(-c3[c-][c]4c(cc3)-c3cccc[c]3[Bi]4[c]3cc(C)ccn3)ccc2)c1.[Pt+2]. The summed E-state index contributed by atoms with van der Waals surface area (Å²) in [4.78, 5) is 9.13. The Labute approximate surface area is 228 Å². The summed E-state index contributed by atoms with van der Waals surface area (Å²) >= 11 is -2.54. The maximum Gasteiger partial charge on any atom is 2.00 e. The molecule has 172 valence electrons. The van der Waals surface area contributed by atoms with Crippen LogP contribution in [0.4, 0.5) is 0 Å². The van der Waals surface area contributed by atoms with E-state index in [1.54, 1.807) is 6.20 Å². The van der Waals surface area contributed by atoms with Crippen molar-refractivity contribution in [3.05, 3.63) is 115 Å². The molecular formula is C30H21BiN2OPt. The zero-order valence-electron chi connectivity index (χ0n) is 19.2. The van der Waals surface area contributed by atoms with Gasteiger partial charge in [-0.05, 0) is 0 Å². The average Bonchev–Trinajstić information content (AvgIpc) is 3.18. The van der Waals surface area contributed by atoms with Gasteiger partial charge in [0.2, 0.25) is 0 Å². The van der Waals surface area contributed by atoms with Crippen LogP contribution < -0.4 is 14.7 Å². The number of ether oxygens (including phenoxy) is 1. The summed E-state index contributed by atoms with van der Waals surface area (Å²) in [5.74, 6) is 1.22. The summed E-state index contributed by atoms with van der Waals surface area (Å²) in [5, 5.41) is 0. The number of aryl methyl sites for hydroxylation is 2. The van der Waals surface area contributed by atoms with E-state index in [0.717, 1.165) is 16.7 Å². The maximum atomic E-state index is 5.99. The van der Waals surface area contributed by atoms with E-state index in [0.29, 0.717) is 11.6 Å². The van der Waals surface area contributed by atoms with Crippen molar-refractivity contribution in [1.82, 2.24) is 9.97 Å². The van der Waals surface area contributed by atoms with Crippen molar-refractivity contribution in [3.63, 3.8) is 0 Å². The fraction of sp³-hybridized carbons (Fsp3) is 0.0667. The number of rotatable bonds is 4. The van der Waals surface area contributed by atoms with E-state index in [2.05, 4.69) is 78.6 Å². The second-order valence-electron chi connectivity index (χ2n) is 8.38. The molecule has 3 aromatic carbocycles. The Hall–Kier alpha value is -2.67.